The van der Waals surface area contributed by atoms with Crippen LogP contribution in [0.25, 0.3) is 0 Å². The van der Waals surface area contributed by atoms with Crippen LogP contribution in [-0.2, 0) is 11.2 Å². The first-order valence-corrected chi connectivity index (χ1v) is 10.0. The van der Waals surface area contributed by atoms with E-state index >= 15 is 0 Å². The van der Waals surface area contributed by atoms with Gasteiger partial charge in [-0.1, -0.05) is 36.8 Å². The number of hydrogen-bond acceptors (Lipinski definition) is 2. The summed E-state index contributed by atoms with van der Waals surface area (Å²) in [5, 5.41) is 5.72. The molecule has 0 bridgehead atoms. The monoisotopic (exact) mass is 351 g/mol. The van der Waals surface area contributed by atoms with E-state index in [-0.39, 0.29) is 12.0 Å². The molecule has 1 saturated heterocycles. The lowest BCUT2D eigenvalue weighted by Gasteiger charge is -2.41. The largest absolute Gasteiger partial charge is 0.314 e. The van der Waals surface area contributed by atoms with E-state index < -0.39 is 0 Å². The summed E-state index contributed by atoms with van der Waals surface area (Å²) < 4.78 is 2.02. The number of carbonyl (C=O) groups is 1. The standard InChI is InChI=1S/C22H29N3O/c26-22(19-9-6-10-19)25(24-15-4-5-16-24)21-13-14-23-20(17-21)12-11-18-7-2-1-3-8-18/h1-5,7-8,15-16,19-21,23H,6,9-14,17H2. The Labute approximate surface area is 156 Å². The Morgan fingerprint density at radius 2 is 1.85 bits per heavy atom. The molecule has 2 heterocycles. The molecule has 1 aromatic heterocycles. The summed E-state index contributed by atoms with van der Waals surface area (Å²) in [6.45, 7) is 0.986. The fourth-order valence-electron chi connectivity index (χ4n) is 4.20. The molecule has 4 rings (SSSR count). The number of piperidine rings is 1. The molecule has 2 fully saturated rings. The molecule has 0 spiro atoms. The van der Waals surface area contributed by atoms with Crippen molar-refractivity contribution in [3.8, 4) is 0 Å². The van der Waals surface area contributed by atoms with Gasteiger partial charge in [-0.25, -0.2) is 5.01 Å². The number of hydrogen-bond donors (Lipinski definition) is 1. The third kappa shape index (κ3) is 3.85. The zero-order chi connectivity index (χ0) is 17.8. The molecule has 1 aliphatic carbocycles. The van der Waals surface area contributed by atoms with E-state index in [2.05, 4.69) is 40.7 Å². The Morgan fingerprint density at radius 1 is 1.08 bits per heavy atom. The van der Waals surface area contributed by atoms with Crippen LogP contribution in [-0.4, -0.2) is 29.2 Å². The highest BCUT2D eigenvalue weighted by atomic mass is 16.2. The predicted octanol–water partition coefficient (Wildman–Crippen LogP) is 3.51. The molecule has 2 atom stereocenters. The van der Waals surface area contributed by atoms with Crippen molar-refractivity contribution in [2.45, 2.75) is 57.0 Å². The number of amides is 1. The average Bonchev–Trinajstić information content (AvgIpc) is 3.14. The van der Waals surface area contributed by atoms with E-state index in [9.17, 15) is 4.79 Å². The smallest absolute Gasteiger partial charge is 0.244 e. The summed E-state index contributed by atoms with van der Waals surface area (Å²) in [6, 6.07) is 15.5. The molecule has 138 valence electrons. The minimum absolute atomic E-state index is 0.232. The molecule has 1 amide bonds. The Kier molecular flexibility index (Phi) is 5.40. The van der Waals surface area contributed by atoms with Crippen LogP contribution in [0.15, 0.2) is 54.9 Å². The quantitative estimate of drug-likeness (QED) is 0.865. The normalized spacial score (nSPS) is 23.4. The van der Waals surface area contributed by atoms with Crippen molar-refractivity contribution in [1.82, 2.24) is 9.99 Å². The lowest BCUT2D eigenvalue weighted by molar-refractivity contribution is -0.127. The van der Waals surface area contributed by atoms with Crippen molar-refractivity contribution >= 4 is 5.91 Å². The van der Waals surface area contributed by atoms with Crippen LogP contribution >= 0.6 is 0 Å². The van der Waals surface area contributed by atoms with E-state index in [4.69, 9.17) is 0 Å². The maximum Gasteiger partial charge on any atom is 0.244 e. The molecular formula is C22H29N3O. The van der Waals surface area contributed by atoms with Crippen LogP contribution in [0, 0.1) is 5.92 Å². The Hall–Kier alpha value is -2.07. The van der Waals surface area contributed by atoms with Gasteiger partial charge in [0.1, 0.15) is 0 Å². The predicted molar refractivity (Wildman–Crippen MR) is 105 cm³/mol. The summed E-state index contributed by atoms with van der Waals surface area (Å²) in [4.78, 5) is 13.1. The van der Waals surface area contributed by atoms with Crippen molar-refractivity contribution in [3.63, 3.8) is 0 Å². The molecular weight excluding hydrogens is 322 g/mol. The molecule has 1 saturated carbocycles. The van der Waals surface area contributed by atoms with E-state index in [1.807, 2.05) is 29.2 Å². The lowest BCUT2D eigenvalue weighted by atomic mass is 9.84. The number of carbonyl (C=O) groups excluding carboxylic acids is 1. The second-order valence-corrected chi connectivity index (χ2v) is 7.73. The fourth-order valence-corrected chi connectivity index (χ4v) is 4.20. The number of benzene rings is 1. The van der Waals surface area contributed by atoms with E-state index in [1.54, 1.807) is 0 Å². The maximum absolute atomic E-state index is 13.1. The molecule has 0 radical (unpaired) electrons. The number of rotatable bonds is 6. The lowest BCUT2D eigenvalue weighted by Crippen LogP contribution is -2.56. The van der Waals surface area contributed by atoms with Gasteiger partial charge in [0.15, 0.2) is 0 Å². The molecule has 26 heavy (non-hydrogen) atoms. The van der Waals surface area contributed by atoms with Crippen LogP contribution in [0.2, 0.25) is 0 Å². The molecule has 1 aromatic carbocycles. The molecule has 2 aliphatic rings. The van der Waals surface area contributed by atoms with Crippen LogP contribution in [0.5, 0.6) is 0 Å². The minimum Gasteiger partial charge on any atom is -0.314 e. The molecule has 2 aromatic rings. The van der Waals surface area contributed by atoms with Crippen molar-refractivity contribution in [2.24, 2.45) is 5.92 Å². The number of nitrogens with zero attached hydrogens (tertiary/aromatic N) is 2. The van der Waals surface area contributed by atoms with Crippen LogP contribution in [0.3, 0.4) is 0 Å². The van der Waals surface area contributed by atoms with Gasteiger partial charge in [0.2, 0.25) is 5.91 Å². The van der Waals surface area contributed by atoms with E-state index in [1.165, 1.54) is 12.0 Å². The summed E-state index contributed by atoms with van der Waals surface area (Å²) in [5.41, 5.74) is 1.39. The minimum atomic E-state index is 0.232. The summed E-state index contributed by atoms with van der Waals surface area (Å²) in [7, 11) is 0. The highest BCUT2D eigenvalue weighted by Gasteiger charge is 2.36. The van der Waals surface area contributed by atoms with Gasteiger partial charge in [-0.2, -0.15) is 0 Å². The third-order valence-electron chi connectivity index (χ3n) is 5.96. The van der Waals surface area contributed by atoms with Crippen molar-refractivity contribution in [3.05, 3.63) is 60.4 Å². The van der Waals surface area contributed by atoms with Crippen LogP contribution in [0.1, 0.15) is 44.1 Å². The first-order valence-electron chi connectivity index (χ1n) is 10.0. The average molecular weight is 351 g/mol. The van der Waals surface area contributed by atoms with Gasteiger partial charge < -0.3 is 5.32 Å². The van der Waals surface area contributed by atoms with Gasteiger partial charge in [0.25, 0.3) is 0 Å². The number of nitrogens with one attached hydrogen (secondary N) is 1. The second kappa shape index (κ2) is 8.09. The Bertz CT molecular complexity index is 693. The molecule has 4 nitrogen and oxygen atoms in total. The topological polar surface area (TPSA) is 37.3 Å². The molecule has 4 heteroatoms. The number of aromatic nitrogens is 1. The van der Waals surface area contributed by atoms with E-state index in [0.29, 0.717) is 11.9 Å². The SMILES string of the molecule is O=C(C1CCC1)N(C1CCNC(CCc2ccccc2)C1)n1cccc1. The summed E-state index contributed by atoms with van der Waals surface area (Å²) >= 11 is 0. The van der Waals surface area contributed by atoms with Crippen molar-refractivity contribution < 1.29 is 4.79 Å². The first kappa shape index (κ1) is 17.3. The second-order valence-electron chi connectivity index (χ2n) is 7.73. The third-order valence-corrected chi connectivity index (χ3v) is 5.96. The van der Waals surface area contributed by atoms with E-state index in [0.717, 1.165) is 45.1 Å². The Morgan fingerprint density at radius 3 is 2.54 bits per heavy atom. The highest BCUT2D eigenvalue weighted by molar-refractivity contribution is 5.89. The fraction of sp³-hybridized carbons (Fsp3) is 0.500. The van der Waals surface area contributed by atoms with Crippen LogP contribution < -0.4 is 10.3 Å². The molecule has 2 unspecified atom stereocenters. The van der Waals surface area contributed by atoms with Gasteiger partial charge in [-0.05, 0) is 62.8 Å². The first-order chi connectivity index (χ1) is 12.8. The van der Waals surface area contributed by atoms with Gasteiger partial charge in [0.05, 0.1) is 6.04 Å². The summed E-state index contributed by atoms with van der Waals surface area (Å²) in [5.74, 6) is 0.552. The summed E-state index contributed by atoms with van der Waals surface area (Å²) in [6.07, 6.45) is 11.6. The zero-order valence-corrected chi connectivity index (χ0v) is 15.4. The maximum atomic E-state index is 13.1. The van der Waals surface area contributed by atoms with Gasteiger partial charge >= 0.3 is 0 Å². The van der Waals surface area contributed by atoms with Crippen LogP contribution in [0.4, 0.5) is 0 Å². The number of aryl methyl sites for hydroxylation is 1. The highest BCUT2D eigenvalue weighted by Crippen LogP contribution is 2.30. The van der Waals surface area contributed by atoms with Crippen molar-refractivity contribution in [2.75, 3.05) is 11.6 Å². The zero-order valence-electron chi connectivity index (χ0n) is 15.4. The molecule has 1 aliphatic heterocycles. The van der Waals surface area contributed by atoms with Gasteiger partial charge in [-0.3, -0.25) is 9.47 Å². The van der Waals surface area contributed by atoms with Gasteiger partial charge in [0, 0.05) is 24.4 Å². The van der Waals surface area contributed by atoms with Crippen molar-refractivity contribution in [1.29, 1.82) is 0 Å². The molecule has 1 N–H and O–H groups in total. The van der Waals surface area contributed by atoms with Gasteiger partial charge in [-0.15, -0.1) is 0 Å². The Balaban J connectivity index is 1.43.